The topological polar surface area (TPSA) is 46.2 Å². The summed E-state index contributed by atoms with van der Waals surface area (Å²) < 4.78 is 39.3. The first kappa shape index (κ1) is 14.5. The highest BCUT2D eigenvalue weighted by Crippen LogP contribution is 2.23. The number of nitrogens with one attached hydrogen (secondary N) is 1. The van der Waals surface area contributed by atoms with Crippen molar-refractivity contribution in [3.63, 3.8) is 0 Å². The van der Waals surface area contributed by atoms with Crippen LogP contribution in [0.15, 0.2) is 24.3 Å². The van der Waals surface area contributed by atoms with Gasteiger partial charge in [0.25, 0.3) is 0 Å². The van der Waals surface area contributed by atoms with E-state index < -0.39 is 10.0 Å². The fraction of sp³-hybridized carbons (Fsp3) is 0.571. The Labute approximate surface area is 114 Å². The molecule has 1 aliphatic rings. The van der Waals surface area contributed by atoms with Gasteiger partial charge in [0.1, 0.15) is 5.82 Å². The highest BCUT2D eigenvalue weighted by atomic mass is 32.2. The molecule has 0 amide bonds. The average molecular weight is 285 g/mol. The second kappa shape index (κ2) is 6.48. The zero-order chi connectivity index (χ0) is 13.7. The van der Waals surface area contributed by atoms with Crippen LogP contribution in [0.5, 0.6) is 0 Å². The van der Waals surface area contributed by atoms with Gasteiger partial charge in [-0.2, -0.15) is 0 Å². The molecule has 19 heavy (non-hydrogen) atoms. The van der Waals surface area contributed by atoms with Gasteiger partial charge in [0.2, 0.25) is 10.0 Å². The Hall–Kier alpha value is -0.940. The van der Waals surface area contributed by atoms with Crippen LogP contribution in [-0.4, -0.2) is 15.0 Å². The molecule has 0 bridgehead atoms. The van der Waals surface area contributed by atoms with E-state index in [-0.39, 0.29) is 11.6 Å². The molecule has 1 aromatic rings. The zero-order valence-electron chi connectivity index (χ0n) is 10.9. The molecule has 5 heteroatoms. The first-order valence-electron chi connectivity index (χ1n) is 6.77. The molecule has 0 unspecified atom stereocenters. The Morgan fingerprint density at radius 2 is 1.74 bits per heavy atom. The lowest BCUT2D eigenvalue weighted by atomic mass is 9.90. The minimum absolute atomic E-state index is 0.0833. The highest BCUT2D eigenvalue weighted by molar-refractivity contribution is 7.88. The van der Waals surface area contributed by atoms with E-state index in [9.17, 15) is 12.8 Å². The summed E-state index contributed by atoms with van der Waals surface area (Å²) in [7, 11) is -3.32. The van der Waals surface area contributed by atoms with E-state index >= 15 is 0 Å². The number of sulfonamides is 1. The largest absolute Gasteiger partial charge is 0.215 e. The maximum Gasteiger partial charge on any atom is 0.215 e. The summed E-state index contributed by atoms with van der Waals surface area (Å²) in [5.41, 5.74) is 0.609. The van der Waals surface area contributed by atoms with Crippen molar-refractivity contribution in [1.82, 2.24) is 4.72 Å². The molecule has 106 valence electrons. The number of hydrogen-bond acceptors (Lipinski definition) is 2. The Kier molecular flexibility index (Phi) is 4.93. The van der Waals surface area contributed by atoms with Crippen LogP contribution in [0.3, 0.4) is 0 Å². The maximum atomic E-state index is 12.7. The van der Waals surface area contributed by atoms with Gasteiger partial charge in [-0.05, 0) is 36.5 Å². The second-order valence-electron chi connectivity index (χ2n) is 5.24. The molecular weight excluding hydrogens is 265 g/mol. The van der Waals surface area contributed by atoms with E-state index in [1.165, 1.54) is 43.5 Å². The highest BCUT2D eigenvalue weighted by Gasteiger charge is 2.17. The van der Waals surface area contributed by atoms with Crippen LogP contribution in [0.25, 0.3) is 0 Å². The van der Waals surface area contributed by atoms with Crippen LogP contribution in [-0.2, 0) is 15.8 Å². The Bertz CT molecular complexity index is 493. The first-order chi connectivity index (χ1) is 9.05. The van der Waals surface area contributed by atoms with Gasteiger partial charge >= 0.3 is 0 Å². The van der Waals surface area contributed by atoms with E-state index in [0.717, 1.165) is 12.8 Å². The van der Waals surface area contributed by atoms with Gasteiger partial charge in [0, 0.05) is 6.54 Å². The summed E-state index contributed by atoms with van der Waals surface area (Å²) in [4.78, 5) is 0. The smallest absolute Gasteiger partial charge is 0.215 e. The van der Waals surface area contributed by atoms with Crippen LogP contribution in [0.4, 0.5) is 4.39 Å². The molecule has 0 aromatic heterocycles. The molecule has 0 atom stereocenters. The van der Waals surface area contributed by atoms with Crippen molar-refractivity contribution in [3.05, 3.63) is 35.6 Å². The third kappa shape index (κ3) is 4.91. The van der Waals surface area contributed by atoms with Gasteiger partial charge in [0.05, 0.1) is 5.75 Å². The Morgan fingerprint density at radius 1 is 1.11 bits per heavy atom. The fourth-order valence-electron chi connectivity index (χ4n) is 2.49. The average Bonchev–Trinajstić information content (AvgIpc) is 2.40. The van der Waals surface area contributed by atoms with E-state index in [4.69, 9.17) is 0 Å². The first-order valence-corrected chi connectivity index (χ1v) is 8.42. The molecule has 2 rings (SSSR count). The number of hydrogen-bond donors (Lipinski definition) is 1. The third-order valence-corrected chi connectivity index (χ3v) is 4.91. The van der Waals surface area contributed by atoms with Gasteiger partial charge in [-0.15, -0.1) is 0 Å². The molecule has 1 N–H and O–H groups in total. The summed E-state index contributed by atoms with van der Waals surface area (Å²) in [6.07, 6.45) is 5.88. The Balaban J connectivity index is 1.85. The van der Waals surface area contributed by atoms with Crippen molar-refractivity contribution in [1.29, 1.82) is 0 Å². The number of benzene rings is 1. The molecule has 0 spiro atoms. The SMILES string of the molecule is O=S(=O)(Cc1ccc(F)cc1)NCC1CCCCC1. The molecule has 1 saturated carbocycles. The third-order valence-electron chi connectivity index (χ3n) is 3.59. The molecule has 0 aliphatic heterocycles. The van der Waals surface area contributed by atoms with Crippen LogP contribution >= 0.6 is 0 Å². The molecule has 0 saturated heterocycles. The predicted molar refractivity (Wildman–Crippen MR) is 73.6 cm³/mol. The lowest BCUT2D eigenvalue weighted by molar-refractivity contribution is 0.357. The van der Waals surface area contributed by atoms with Gasteiger partial charge in [-0.25, -0.2) is 17.5 Å². The van der Waals surface area contributed by atoms with Crippen molar-refractivity contribution in [2.75, 3.05) is 6.54 Å². The molecule has 3 nitrogen and oxygen atoms in total. The van der Waals surface area contributed by atoms with Crippen molar-refractivity contribution < 1.29 is 12.8 Å². The molecular formula is C14H20FNO2S. The molecule has 0 radical (unpaired) electrons. The normalized spacial score (nSPS) is 17.5. The number of halogens is 1. The van der Waals surface area contributed by atoms with Gasteiger partial charge < -0.3 is 0 Å². The summed E-state index contributed by atoms with van der Waals surface area (Å²) in [6.45, 7) is 0.531. The Morgan fingerprint density at radius 3 is 2.37 bits per heavy atom. The van der Waals surface area contributed by atoms with Crippen LogP contribution in [0.2, 0.25) is 0 Å². The zero-order valence-corrected chi connectivity index (χ0v) is 11.8. The molecule has 1 aliphatic carbocycles. The predicted octanol–water partition coefficient (Wildman–Crippen LogP) is 2.83. The number of rotatable bonds is 5. The standard InChI is InChI=1S/C14H20FNO2S/c15-14-8-6-13(7-9-14)11-19(17,18)16-10-12-4-2-1-3-5-12/h6-9,12,16H,1-5,10-11H2. The lowest BCUT2D eigenvalue weighted by Gasteiger charge is -2.21. The maximum absolute atomic E-state index is 12.7. The summed E-state index contributed by atoms with van der Waals surface area (Å²) in [5.74, 6) is 0.0352. The monoisotopic (exact) mass is 285 g/mol. The van der Waals surface area contributed by atoms with Gasteiger partial charge in [-0.1, -0.05) is 31.4 Å². The van der Waals surface area contributed by atoms with Gasteiger partial charge in [-0.3, -0.25) is 0 Å². The van der Waals surface area contributed by atoms with Crippen molar-refractivity contribution in [3.8, 4) is 0 Å². The fourth-order valence-corrected chi connectivity index (χ4v) is 3.71. The van der Waals surface area contributed by atoms with E-state index in [1.54, 1.807) is 0 Å². The lowest BCUT2D eigenvalue weighted by Crippen LogP contribution is -2.31. The molecule has 1 fully saturated rings. The molecule has 0 heterocycles. The molecule has 1 aromatic carbocycles. The minimum Gasteiger partial charge on any atom is -0.215 e. The van der Waals surface area contributed by atoms with E-state index in [2.05, 4.69) is 4.72 Å². The van der Waals surface area contributed by atoms with Gasteiger partial charge in [0.15, 0.2) is 0 Å². The van der Waals surface area contributed by atoms with Crippen molar-refractivity contribution in [2.24, 2.45) is 5.92 Å². The summed E-state index contributed by atoms with van der Waals surface area (Å²) in [6, 6.07) is 5.59. The van der Waals surface area contributed by atoms with Crippen LogP contribution in [0.1, 0.15) is 37.7 Å². The van der Waals surface area contributed by atoms with E-state index in [1.807, 2.05) is 0 Å². The summed E-state index contributed by atoms with van der Waals surface area (Å²) >= 11 is 0. The van der Waals surface area contributed by atoms with Crippen LogP contribution in [0, 0.1) is 11.7 Å². The summed E-state index contributed by atoms with van der Waals surface area (Å²) in [5, 5.41) is 0. The van der Waals surface area contributed by atoms with Crippen LogP contribution < -0.4 is 4.72 Å². The quantitative estimate of drug-likeness (QED) is 0.904. The second-order valence-corrected chi connectivity index (χ2v) is 7.04. The minimum atomic E-state index is -3.32. The van der Waals surface area contributed by atoms with E-state index in [0.29, 0.717) is 18.0 Å². The van der Waals surface area contributed by atoms with Crippen molar-refractivity contribution >= 4 is 10.0 Å². The van der Waals surface area contributed by atoms with Crippen molar-refractivity contribution in [2.45, 2.75) is 37.9 Å².